The summed E-state index contributed by atoms with van der Waals surface area (Å²) in [7, 11) is 1.93. The van der Waals surface area contributed by atoms with Gasteiger partial charge in [0.15, 0.2) is 5.82 Å². The second-order valence-electron chi connectivity index (χ2n) is 4.32. The highest BCUT2D eigenvalue weighted by Crippen LogP contribution is 2.14. The quantitative estimate of drug-likeness (QED) is 0.767. The molecule has 0 saturated carbocycles. The van der Waals surface area contributed by atoms with Gasteiger partial charge in [-0.2, -0.15) is 0 Å². The van der Waals surface area contributed by atoms with Crippen LogP contribution in [-0.4, -0.2) is 36.6 Å². The third-order valence-electron chi connectivity index (χ3n) is 3.04. The first-order valence-corrected chi connectivity index (χ1v) is 5.73. The van der Waals surface area contributed by atoms with Crippen LogP contribution in [0.15, 0.2) is 17.2 Å². The van der Waals surface area contributed by atoms with Crippen molar-refractivity contribution >= 4 is 5.82 Å². The van der Waals surface area contributed by atoms with Crippen molar-refractivity contribution in [3.8, 4) is 0 Å². The number of nitrogens with one attached hydrogen (secondary N) is 2. The molecule has 0 spiro atoms. The highest BCUT2D eigenvalue weighted by molar-refractivity contribution is 5.33. The number of H-pyrrole nitrogens is 1. The van der Waals surface area contributed by atoms with Crippen molar-refractivity contribution in [1.29, 1.82) is 0 Å². The molecule has 1 aliphatic heterocycles. The van der Waals surface area contributed by atoms with Crippen LogP contribution in [0.1, 0.15) is 12.8 Å². The van der Waals surface area contributed by atoms with E-state index in [0.717, 1.165) is 19.6 Å². The van der Waals surface area contributed by atoms with Crippen LogP contribution in [0.2, 0.25) is 0 Å². The first kappa shape index (κ1) is 11.1. The van der Waals surface area contributed by atoms with Gasteiger partial charge in [-0.1, -0.05) is 0 Å². The molecule has 1 aromatic rings. The Kier molecular flexibility index (Phi) is 3.56. The Morgan fingerprint density at radius 2 is 2.25 bits per heavy atom. The van der Waals surface area contributed by atoms with E-state index in [9.17, 15) is 4.79 Å². The largest absolute Gasteiger partial charge is 0.355 e. The Bertz CT molecular complexity index is 384. The molecular formula is C11H18N4O. The summed E-state index contributed by atoms with van der Waals surface area (Å²) < 4.78 is 0. The number of anilines is 1. The van der Waals surface area contributed by atoms with Gasteiger partial charge in [-0.05, 0) is 31.8 Å². The average molecular weight is 222 g/mol. The molecule has 5 nitrogen and oxygen atoms in total. The maximum Gasteiger partial charge on any atom is 0.290 e. The molecular weight excluding hydrogens is 204 g/mol. The zero-order valence-corrected chi connectivity index (χ0v) is 9.57. The molecule has 1 saturated heterocycles. The number of nitrogens with zero attached hydrogens (tertiary/aromatic N) is 2. The number of aromatic nitrogens is 2. The predicted octanol–water partition coefficient (Wildman–Crippen LogP) is 0.206. The molecule has 1 aromatic heterocycles. The Hall–Kier alpha value is -1.36. The zero-order valence-electron chi connectivity index (χ0n) is 9.57. The Balaban J connectivity index is 1.99. The summed E-state index contributed by atoms with van der Waals surface area (Å²) in [6.45, 7) is 3.07. The van der Waals surface area contributed by atoms with Crippen LogP contribution in [0.4, 0.5) is 5.82 Å². The first-order valence-electron chi connectivity index (χ1n) is 5.73. The molecule has 1 aliphatic rings. The first-order chi connectivity index (χ1) is 7.77. The molecule has 0 aliphatic carbocycles. The summed E-state index contributed by atoms with van der Waals surface area (Å²) in [5.41, 5.74) is -0.112. The van der Waals surface area contributed by atoms with Gasteiger partial charge in [-0.25, -0.2) is 4.98 Å². The van der Waals surface area contributed by atoms with Crippen LogP contribution in [0.3, 0.4) is 0 Å². The number of hydrogen-bond acceptors (Lipinski definition) is 4. The molecule has 16 heavy (non-hydrogen) atoms. The molecule has 2 rings (SSSR count). The lowest BCUT2D eigenvalue weighted by atomic mass is 9.98. The standard InChI is InChI=1S/C11H18N4O/c1-15(8-9-2-4-12-5-3-9)10-11(16)14-7-6-13-10/h6-7,9,12H,2-5,8H2,1H3,(H,14,16). The van der Waals surface area contributed by atoms with Gasteiger partial charge < -0.3 is 15.2 Å². The smallest absolute Gasteiger partial charge is 0.290 e. The molecule has 2 heterocycles. The summed E-state index contributed by atoms with van der Waals surface area (Å²) in [6.07, 6.45) is 5.53. The fourth-order valence-electron chi connectivity index (χ4n) is 2.15. The van der Waals surface area contributed by atoms with Gasteiger partial charge in [-0.3, -0.25) is 4.79 Å². The maximum atomic E-state index is 11.5. The van der Waals surface area contributed by atoms with E-state index in [1.54, 1.807) is 12.4 Å². The van der Waals surface area contributed by atoms with Gasteiger partial charge in [0.2, 0.25) is 0 Å². The van der Waals surface area contributed by atoms with Crippen molar-refractivity contribution in [2.24, 2.45) is 5.92 Å². The molecule has 0 atom stereocenters. The van der Waals surface area contributed by atoms with Crippen molar-refractivity contribution in [2.45, 2.75) is 12.8 Å². The lowest BCUT2D eigenvalue weighted by Crippen LogP contribution is -2.36. The highest BCUT2D eigenvalue weighted by Gasteiger charge is 2.16. The molecule has 0 radical (unpaired) electrons. The van der Waals surface area contributed by atoms with Crippen LogP contribution < -0.4 is 15.8 Å². The molecule has 1 fully saturated rings. The van der Waals surface area contributed by atoms with Crippen molar-refractivity contribution < 1.29 is 0 Å². The van der Waals surface area contributed by atoms with Crippen molar-refractivity contribution in [2.75, 3.05) is 31.6 Å². The van der Waals surface area contributed by atoms with E-state index < -0.39 is 0 Å². The van der Waals surface area contributed by atoms with Crippen molar-refractivity contribution in [1.82, 2.24) is 15.3 Å². The topological polar surface area (TPSA) is 61.0 Å². The molecule has 2 N–H and O–H groups in total. The highest BCUT2D eigenvalue weighted by atomic mass is 16.1. The monoisotopic (exact) mass is 222 g/mol. The van der Waals surface area contributed by atoms with Crippen LogP contribution >= 0.6 is 0 Å². The summed E-state index contributed by atoms with van der Waals surface area (Å²) >= 11 is 0. The summed E-state index contributed by atoms with van der Waals surface area (Å²) in [5, 5.41) is 3.34. The lowest BCUT2D eigenvalue weighted by Gasteiger charge is -2.27. The number of hydrogen-bond donors (Lipinski definition) is 2. The van der Waals surface area contributed by atoms with Crippen molar-refractivity contribution in [3.63, 3.8) is 0 Å². The van der Waals surface area contributed by atoms with Crippen LogP contribution in [-0.2, 0) is 0 Å². The minimum absolute atomic E-state index is 0.112. The summed E-state index contributed by atoms with van der Waals surface area (Å²) in [5.74, 6) is 1.17. The summed E-state index contributed by atoms with van der Waals surface area (Å²) in [6, 6.07) is 0. The predicted molar refractivity (Wildman–Crippen MR) is 63.7 cm³/mol. The van der Waals surface area contributed by atoms with E-state index in [1.807, 2.05) is 11.9 Å². The van der Waals surface area contributed by atoms with Gasteiger partial charge in [0, 0.05) is 26.0 Å². The van der Waals surface area contributed by atoms with Crippen molar-refractivity contribution in [3.05, 3.63) is 22.7 Å². The second kappa shape index (κ2) is 5.12. The Morgan fingerprint density at radius 3 is 2.94 bits per heavy atom. The zero-order chi connectivity index (χ0) is 11.4. The van der Waals surface area contributed by atoms with Gasteiger partial charge in [0.25, 0.3) is 5.56 Å². The third kappa shape index (κ3) is 2.61. The molecule has 0 aromatic carbocycles. The van der Waals surface area contributed by atoms with Crippen LogP contribution in [0.5, 0.6) is 0 Å². The third-order valence-corrected chi connectivity index (χ3v) is 3.04. The van der Waals surface area contributed by atoms with E-state index >= 15 is 0 Å². The number of piperidine rings is 1. The minimum Gasteiger partial charge on any atom is -0.355 e. The SMILES string of the molecule is CN(CC1CCNCC1)c1ncc[nH]c1=O. The Morgan fingerprint density at radius 1 is 1.50 bits per heavy atom. The van der Waals surface area contributed by atoms with E-state index in [0.29, 0.717) is 11.7 Å². The fourth-order valence-corrected chi connectivity index (χ4v) is 2.15. The second-order valence-corrected chi connectivity index (χ2v) is 4.32. The maximum absolute atomic E-state index is 11.5. The number of rotatable bonds is 3. The molecule has 0 amide bonds. The molecule has 5 heteroatoms. The lowest BCUT2D eigenvalue weighted by molar-refractivity contribution is 0.377. The Labute approximate surface area is 94.9 Å². The van der Waals surface area contributed by atoms with Gasteiger partial charge in [0.05, 0.1) is 0 Å². The number of aromatic amines is 1. The van der Waals surface area contributed by atoms with Gasteiger partial charge in [-0.15, -0.1) is 0 Å². The van der Waals surface area contributed by atoms with Gasteiger partial charge in [0.1, 0.15) is 0 Å². The fraction of sp³-hybridized carbons (Fsp3) is 0.636. The van der Waals surface area contributed by atoms with Crippen LogP contribution in [0, 0.1) is 5.92 Å². The van der Waals surface area contributed by atoms with E-state index in [4.69, 9.17) is 0 Å². The normalized spacial score (nSPS) is 17.3. The van der Waals surface area contributed by atoms with E-state index in [1.165, 1.54) is 12.8 Å². The van der Waals surface area contributed by atoms with Gasteiger partial charge >= 0.3 is 0 Å². The molecule has 0 bridgehead atoms. The average Bonchev–Trinajstić information content (AvgIpc) is 2.31. The summed E-state index contributed by atoms with van der Waals surface area (Å²) in [4.78, 5) is 20.2. The van der Waals surface area contributed by atoms with E-state index in [-0.39, 0.29) is 5.56 Å². The molecule has 0 unspecified atom stereocenters. The van der Waals surface area contributed by atoms with Crippen LogP contribution in [0.25, 0.3) is 0 Å². The van der Waals surface area contributed by atoms with E-state index in [2.05, 4.69) is 15.3 Å². The minimum atomic E-state index is -0.112. The molecule has 88 valence electrons.